The first-order valence-corrected chi connectivity index (χ1v) is 10.4. The van der Waals surface area contributed by atoms with E-state index in [1.807, 2.05) is 30.3 Å². The van der Waals surface area contributed by atoms with E-state index in [1.54, 1.807) is 0 Å². The Bertz CT molecular complexity index is 1010. The lowest BCUT2D eigenvalue weighted by molar-refractivity contribution is -0.384. The van der Waals surface area contributed by atoms with Crippen molar-refractivity contribution in [1.29, 1.82) is 0 Å². The summed E-state index contributed by atoms with van der Waals surface area (Å²) in [5.41, 5.74) is 0.853. The molecule has 0 aliphatic carbocycles. The Hall–Kier alpha value is -3.20. The van der Waals surface area contributed by atoms with E-state index in [9.17, 15) is 23.3 Å². The molecule has 1 heterocycles. The predicted octanol–water partition coefficient (Wildman–Crippen LogP) is 3.68. The highest BCUT2D eigenvalue weighted by Gasteiger charge is 2.42. The van der Waals surface area contributed by atoms with Crippen LogP contribution in [0.5, 0.6) is 0 Å². The molecule has 8 nitrogen and oxygen atoms in total. The maximum atomic E-state index is 12.9. The van der Waals surface area contributed by atoms with Gasteiger partial charge >= 0.3 is 6.09 Å². The van der Waals surface area contributed by atoms with Crippen LogP contribution in [0.15, 0.2) is 72.1 Å². The van der Waals surface area contributed by atoms with Gasteiger partial charge < -0.3 is 4.74 Å². The number of aryl methyl sites for hydroxylation is 1. The predicted molar refractivity (Wildman–Crippen MR) is 106 cm³/mol. The molecule has 0 N–H and O–H groups in total. The number of benzene rings is 2. The van der Waals surface area contributed by atoms with Crippen molar-refractivity contribution in [3.63, 3.8) is 0 Å². The van der Waals surface area contributed by atoms with Crippen LogP contribution in [-0.4, -0.2) is 35.9 Å². The standard InChI is InChI=1S/C20H20N2O6S/c1-2-16-14-18(11-8-15-6-4-3-5-7-15)28-20(23)21(16)29(26,27)19-12-9-17(10-13-19)22(24)25/h2-7,9-10,12-13,16,18H,1,8,11,14H2/t16-,18+/m0/s1. The van der Waals surface area contributed by atoms with Crippen LogP contribution in [0, 0.1) is 10.1 Å². The largest absolute Gasteiger partial charge is 0.445 e. The molecule has 2 atom stereocenters. The average molecular weight is 416 g/mol. The van der Waals surface area contributed by atoms with Crippen molar-refractivity contribution >= 4 is 21.8 Å². The van der Waals surface area contributed by atoms with E-state index in [0.717, 1.165) is 29.8 Å². The third kappa shape index (κ3) is 4.45. The minimum absolute atomic E-state index is 0.227. The number of amides is 1. The lowest BCUT2D eigenvalue weighted by Crippen LogP contribution is -2.51. The molecular weight excluding hydrogens is 396 g/mol. The molecule has 0 aromatic heterocycles. The second-order valence-electron chi connectivity index (χ2n) is 6.62. The Kier molecular flexibility index (Phi) is 5.97. The SMILES string of the molecule is C=C[C@H]1C[C@@H](CCc2ccccc2)OC(=O)N1S(=O)(=O)c1ccc([N+](=O)[O-])cc1. The number of cyclic esters (lactones) is 1. The van der Waals surface area contributed by atoms with Gasteiger partial charge in [0.1, 0.15) is 6.10 Å². The number of rotatable bonds is 7. The van der Waals surface area contributed by atoms with Crippen LogP contribution in [0.4, 0.5) is 10.5 Å². The van der Waals surface area contributed by atoms with Crippen molar-refractivity contribution in [2.24, 2.45) is 0 Å². The number of nitrogens with zero attached hydrogens (tertiary/aromatic N) is 2. The maximum absolute atomic E-state index is 12.9. The first-order valence-electron chi connectivity index (χ1n) is 8.99. The minimum atomic E-state index is -4.24. The fourth-order valence-electron chi connectivity index (χ4n) is 3.21. The Morgan fingerprint density at radius 1 is 1.17 bits per heavy atom. The molecule has 2 aromatic carbocycles. The van der Waals surface area contributed by atoms with Gasteiger partial charge in [-0.05, 0) is 30.5 Å². The minimum Gasteiger partial charge on any atom is -0.445 e. The monoisotopic (exact) mass is 416 g/mol. The first-order chi connectivity index (χ1) is 13.8. The summed E-state index contributed by atoms with van der Waals surface area (Å²) in [5, 5.41) is 10.8. The molecule has 1 aliphatic heterocycles. The van der Waals surface area contributed by atoms with Crippen molar-refractivity contribution in [3.05, 3.63) is 82.9 Å². The van der Waals surface area contributed by atoms with Gasteiger partial charge in [-0.25, -0.2) is 13.2 Å². The molecule has 2 aromatic rings. The van der Waals surface area contributed by atoms with Crippen LogP contribution in [-0.2, 0) is 21.2 Å². The number of sulfonamides is 1. The van der Waals surface area contributed by atoms with Crippen LogP contribution in [0.3, 0.4) is 0 Å². The zero-order valence-corrected chi connectivity index (χ0v) is 16.3. The van der Waals surface area contributed by atoms with Crippen LogP contribution in [0.2, 0.25) is 0 Å². The highest BCUT2D eigenvalue weighted by Crippen LogP contribution is 2.29. The Morgan fingerprint density at radius 2 is 1.83 bits per heavy atom. The molecule has 29 heavy (non-hydrogen) atoms. The second-order valence-corrected chi connectivity index (χ2v) is 8.44. The van der Waals surface area contributed by atoms with E-state index >= 15 is 0 Å². The molecule has 0 radical (unpaired) electrons. The lowest BCUT2D eigenvalue weighted by atomic mass is 10.0. The molecule has 1 fully saturated rings. The van der Waals surface area contributed by atoms with Crippen molar-refractivity contribution in [2.75, 3.05) is 0 Å². The quantitative estimate of drug-likeness (QED) is 0.387. The number of nitro groups is 1. The molecular formula is C20H20N2O6S. The van der Waals surface area contributed by atoms with E-state index in [0.29, 0.717) is 17.1 Å². The van der Waals surface area contributed by atoms with Crippen LogP contribution in [0.25, 0.3) is 0 Å². The maximum Gasteiger partial charge on any atom is 0.424 e. The lowest BCUT2D eigenvalue weighted by Gasteiger charge is -2.36. The van der Waals surface area contributed by atoms with Gasteiger partial charge in [-0.15, -0.1) is 6.58 Å². The number of hydrogen-bond donors (Lipinski definition) is 0. The summed E-state index contributed by atoms with van der Waals surface area (Å²) in [6.45, 7) is 3.66. The summed E-state index contributed by atoms with van der Waals surface area (Å²) in [6, 6.07) is 13.3. The number of ether oxygens (including phenoxy) is 1. The molecule has 0 bridgehead atoms. The highest BCUT2D eigenvalue weighted by atomic mass is 32.2. The first kappa shape index (κ1) is 20.5. The average Bonchev–Trinajstić information content (AvgIpc) is 2.72. The van der Waals surface area contributed by atoms with Crippen LogP contribution >= 0.6 is 0 Å². The fraction of sp³-hybridized carbons (Fsp3) is 0.250. The topological polar surface area (TPSA) is 107 Å². The van der Waals surface area contributed by atoms with Gasteiger partial charge in [0.25, 0.3) is 15.7 Å². The Morgan fingerprint density at radius 3 is 2.41 bits per heavy atom. The Balaban J connectivity index is 1.76. The highest BCUT2D eigenvalue weighted by molar-refractivity contribution is 7.89. The molecule has 0 spiro atoms. The van der Waals surface area contributed by atoms with E-state index in [-0.39, 0.29) is 17.0 Å². The molecule has 1 aliphatic rings. The van der Waals surface area contributed by atoms with Gasteiger partial charge in [0.05, 0.1) is 15.9 Å². The van der Waals surface area contributed by atoms with E-state index in [1.165, 1.54) is 6.08 Å². The zero-order chi connectivity index (χ0) is 21.0. The Labute approximate surface area is 168 Å². The summed E-state index contributed by atoms with van der Waals surface area (Å²) in [7, 11) is -4.24. The summed E-state index contributed by atoms with van der Waals surface area (Å²) >= 11 is 0. The number of hydrogen-bond acceptors (Lipinski definition) is 6. The van der Waals surface area contributed by atoms with E-state index in [2.05, 4.69) is 6.58 Å². The van der Waals surface area contributed by atoms with Gasteiger partial charge in [0.2, 0.25) is 0 Å². The summed E-state index contributed by atoms with van der Waals surface area (Å²) in [5.74, 6) is 0. The fourth-order valence-corrected chi connectivity index (χ4v) is 4.69. The molecule has 0 saturated carbocycles. The van der Waals surface area contributed by atoms with Crippen molar-refractivity contribution in [3.8, 4) is 0 Å². The van der Waals surface area contributed by atoms with Crippen molar-refractivity contribution in [1.82, 2.24) is 4.31 Å². The molecule has 9 heteroatoms. The van der Waals surface area contributed by atoms with Crippen LogP contribution in [0.1, 0.15) is 18.4 Å². The van der Waals surface area contributed by atoms with Gasteiger partial charge in [-0.1, -0.05) is 36.4 Å². The molecule has 152 valence electrons. The normalized spacial score (nSPS) is 19.4. The van der Waals surface area contributed by atoms with E-state index in [4.69, 9.17) is 4.74 Å². The summed E-state index contributed by atoms with van der Waals surface area (Å²) in [6.07, 6.45) is 1.53. The molecule has 1 saturated heterocycles. The molecule has 3 rings (SSSR count). The third-order valence-corrected chi connectivity index (χ3v) is 6.53. The zero-order valence-electron chi connectivity index (χ0n) is 15.5. The number of non-ortho nitro benzene ring substituents is 1. The number of nitro benzene ring substituents is 1. The molecule has 1 amide bonds. The van der Waals surface area contributed by atoms with Gasteiger partial charge in [-0.3, -0.25) is 10.1 Å². The summed E-state index contributed by atoms with van der Waals surface area (Å²) in [4.78, 5) is 22.5. The molecule has 0 unspecified atom stereocenters. The van der Waals surface area contributed by atoms with Crippen molar-refractivity contribution < 1.29 is 22.9 Å². The second kappa shape index (κ2) is 8.44. The number of carbonyl (C=O) groups is 1. The van der Waals surface area contributed by atoms with E-state index < -0.39 is 33.2 Å². The third-order valence-electron chi connectivity index (χ3n) is 4.73. The smallest absolute Gasteiger partial charge is 0.424 e. The van der Waals surface area contributed by atoms with Crippen LogP contribution < -0.4 is 0 Å². The van der Waals surface area contributed by atoms with Crippen molar-refractivity contribution in [2.45, 2.75) is 36.3 Å². The van der Waals surface area contributed by atoms with Gasteiger partial charge in [0, 0.05) is 18.6 Å². The van der Waals surface area contributed by atoms with Gasteiger partial charge in [0.15, 0.2) is 0 Å². The summed E-state index contributed by atoms with van der Waals surface area (Å²) < 4.78 is 31.9. The van der Waals surface area contributed by atoms with Gasteiger partial charge in [-0.2, -0.15) is 4.31 Å². The number of carbonyl (C=O) groups excluding carboxylic acids is 1.